The number of hydrogen-bond donors (Lipinski definition) is 2. The minimum Gasteiger partial charge on any atom is -0.480 e. The number of ether oxygens (including phenoxy) is 1. The largest absolute Gasteiger partial charge is 0.480 e. The number of carbonyl (C=O) groups is 2. The van der Waals surface area contributed by atoms with Crippen molar-refractivity contribution in [3.8, 4) is 0 Å². The Labute approximate surface area is 168 Å². The Kier molecular flexibility index (Phi) is 8.80. The smallest absolute Gasteiger partial charge is 0.408 e. The zero-order valence-electron chi connectivity index (χ0n) is 16.1. The van der Waals surface area contributed by atoms with Crippen LogP contribution in [-0.4, -0.2) is 43.7 Å². The molecule has 1 aromatic carbocycles. The molecule has 1 atom stereocenters. The number of nitrogens with one attached hydrogen (secondary N) is 1. The number of carboxylic acid groups (broad SMARTS) is 1. The van der Waals surface area contributed by atoms with Crippen molar-refractivity contribution in [3.05, 3.63) is 48.0 Å². The zero-order chi connectivity index (χ0) is 20.4. The van der Waals surface area contributed by atoms with Crippen molar-refractivity contribution in [2.75, 3.05) is 5.75 Å². The fraction of sp³-hybridized carbons (Fsp3) is 0.474. The number of amides is 1. The molecular formula is C19H26N4O4S. The summed E-state index contributed by atoms with van der Waals surface area (Å²) in [5, 5.41) is 15.9. The van der Waals surface area contributed by atoms with Crippen molar-refractivity contribution in [2.45, 2.75) is 45.2 Å². The number of rotatable bonds is 11. The number of aromatic nitrogens is 3. The highest BCUT2D eigenvalue weighted by Gasteiger charge is 2.20. The van der Waals surface area contributed by atoms with Crippen molar-refractivity contribution < 1.29 is 19.4 Å². The lowest BCUT2D eigenvalue weighted by atomic mass is 10.2. The highest BCUT2D eigenvalue weighted by molar-refractivity contribution is 7.98. The van der Waals surface area contributed by atoms with E-state index in [2.05, 4.69) is 29.2 Å². The van der Waals surface area contributed by atoms with Crippen LogP contribution in [-0.2, 0) is 28.4 Å². The van der Waals surface area contributed by atoms with Crippen molar-refractivity contribution >= 4 is 23.8 Å². The van der Waals surface area contributed by atoms with Gasteiger partial charge in [-0.05, 0) is 23.7 Å². The van der Waals surface area contributed by atoms with Crippen LogP contribution in [0.25, 0.3) is 0 Å². The third-order valence-electron chi connectivity index (χ3n) is 3.82. The first-order chi connectivity index (χ1) is 13.5. The molecule has 0 bridgehead atoms. The van der Waals surface area contributed by atoms with Gasteiger partial charge in [-0.3, -0.25) is 0 Å². The van der Waals surface area contributed by atoms with E-state index in [9.17, 15) is 14.7 Å². The number of nitrogens with zero attached hydrogens (tertiary/aromatic N) is 3. The van der Waals surface area contributed by atoms with Gasteiger partial charge in [0.15, 0.2) is 0 Å². The second kappa shape index (κ2) is 11.3. The highest BCUT2D eigenvalue weighted by atomic mass is 32.2. The predicted octanol–water partition coefficient (Wildman–Crippen LogP) is 2.94. The van der Waals surface area contributed by atoms with Crippen LogP contribution < -0.4 is 5.32 Å². The van der Waals surface area contributed by atoms with Crippen LogP contribution in [0.1, 0.15) is 31.7 Å². The molecule has 28 heavy (non-hydrogen) atoms. The lowest BCUT2D eigenvalue weighted by Gasteiger charge is -2.14. The van der Waals surface area contributed by atoms with Crippen molar-refractivity contribution in [1.29, 1.82) is 0 Å². The van der Waals surface area contributed by atoms with Gasteiger partial charge in [0.25, 0.3) is 0 Å². The molecule has 8 nitrogen and oxygen atoms in total. The molecule has 1 heterocycles. The van der Waals surface area contributed by atoms with Crippen molar-refractivity contribution in [1.82, 2.24) is 20.1 Å². The van der Waals surface area contributed by atoms with Crippen LogP contribution in [0.5, 0.6) is 0 Å². The molecule has 2 aromatic rings. The van der Waals surface area contributed by atoms with Crippen LogP contribution in [0.3, 0.4) is 0 Å². The van der Waals surface area contributed by atoms with Gasteiger partial charge in [0.05, 0.1) is 5.75 Å². The van der Waals surface area contributed by atoms with E-state index in [0.29, 0.717) is 23.8 Å². The van der Waals surface area contributed by atoms with Crippen LogP contribution in [0, 0.1) is 5.92 Å². The van der Waals surface area contributed by atoms with E-state index in [-0.39, 0.29) is 6.61 Å². The van der Waals surface area contributed by atoms with E-state index in [4.69, 9.17) is 4.74 Å². The summed E-state index contributed by atoms with van der Waals surface area (Å²) in [5.74, 6) is 1.44. The molecule has 2 N–H and O–H groups in total. The fourth-order valence-electron chi connectivity index (χ4n) is 2.43. The van der Waals surface area contributed by atoms with Gasteiger partial charge in [-0.15, -0.1) is 0 Å². The van der Waals surface area contributed by atoms with Crippen molar-refractivity contribution in [2.24, 2.45) is 5.92 Å². The van der Waals surface area contributed by atoms with Crippen LogP contribution in [0.4, 0.5) is 4.79 Å². The van der Waals surface area contributed by atoms with Crippen LogP contribution in [0.2, 0.25) is 0 Å². The summed E-state index contributed by atoms with van der Waals surface area (Å²) in [6, 6.07) is 8.22. The monoisotopic (exact) mass is 406 g/mol. The zero-order valence-corrected chi connectivity index (χ0v) is 16.9. The molecular weight excluding hydrogens is 380 g/mol. The molecule has 0 aliphatic rings. The molecule has 1 aromatic heterocycles. The average molecular weight is 407 g/mol. The molecule has 152 valence electrons. The summed E-state index contributed by atoms with van der Waals surface area (Å²) in [6.07, 6.45) is 1.08. The molecule has 0 spiro atoms. The molecule has 1 unspecified atom stereocenters. The topological polar surface area (TPSA) is 106 Å². The minimum atomic E-state index is -1.08. The van der Waals surface area contributed by atoms with Gasteiger partial charge in [-0.25, -0.2) is 19.3 Å². The first-order valence-electron chi connectivity index (χ1n) is 9.10. The number of aliphatic carboxylic acids is 1. The van der Waals surface area contributed by atoms with Gasteiger partial charge < -0.3 is 15.2 Å². The summed E-state index contributed by atoms with van der Waals surface area (Å²) in [5.41, 5.74) is 0.839. The lowest BCUT2D eigenvalue weighted by molar-refractivity contribution is -0.139. The van der Waals surface area contributed by atoms with Gasteiger partial charge >= 0.3 is 12.1 Å². The third-order valence-corrected chi connectivity index (χ3v) is 4.81. The van der Waals surface area contributed by atoms with E-state index >= 15 is 0 Å². The summed E-state index contributed by atoms with van der Waals surface area (Å²) in [7, 11) is 0. The van der Waals surface area contributed by atoms with E-state index in [0.717, 1.165) is 17.9 Å². The van der Waals surface area contributed by atoms with Crippen LogP contribution in [0.15, 0.2) is 36.7 Å². The average Bonchev–Trinajstić information content (AvgIpc) is 3.09. The van der Waals surface area contributed by atoms with Gasteiger partial charge in [-0.1, -0.05) is 44.2 Å². The molecule has 1 amide bonds. The van der Waals surface area contributed by atoms with E-state index in [1.54, 1.807) is 11.8 Å². The summed E-state index contributed by atoms with van der Waals surface area (Å²) in [6.45, 7) is 5.11. The molecule has 2 rings (SSSR count). The number of carboxylic acids is 1. The van der Waals surface area contributed by atoms with E-state index in [1.807, 2.05) is 35.0 Å². The molecule has 0 aliphatic carbocycles. The Morgan fingerprint density at radius 1 is 1.29 bits per heavy atom. The Morgan fingerprint density at radius 3 is 2.71 bits per heavy atom. The third kappa shape index (κ3) is 7.59. The summed E-state index contributed by atoms with van der Waals surface area (Å²) in [4.78, 5) is 27.5. The van der Waals surface area contributed by atoms with E-state index < -0.39 is 18.1 Å². The quantitative estimate of drug-likeness (QED) is 0.553. The fourth-order valence-corrected chi connectivity index (χ4v) is 3.38. The number of thioether (sulfide) groups is 1. The van der Waals surface area contributed by atoms with Crippen LogP contribution >= 0.6 is 11.8 Å². The highest BCUT2D eigenvalue weighted by Crippen LogP contribution is 2.13. The molecule has 0 radical (unpaired) electrons. The number of alkyl carbamates (subject to hydrolysis) is 1. The van der Waals surface area contributed by atoms with E-state index in [1.165, 1.54) is 6.33 Å². The molecule has 9 heteroatoms. The second-order valence-corrected chi connectivity index (χ2v) is 7.80. The molecule has 0 aliphatic heterocycles. The number of benzene rings is 1. The van der Waals surface area contributed by atoms with Gasteiger partial charge in [0.1, 0.15) is 24.8 Å². The second-order valence-electron chi connectivity index (χ2n) is 6.69. The lowest BCUT2D eigenvalue weighted by Crippen LogP contribution is -2.41. The maximum absolute atomic E-state index is 11.9. The SMILES string of the molecule is CC(C)Cn1ncnc1CSCCC(NC(=O)OCc1ccccc1)C(=O)O. The normalized spacial score (nSPS) is 12.0. The number of hydrogen-bond acceptors (Lipinski definition) is 6. The van der Waals surface area contributed by atoms with Gasteiger partial charge in [0, 0.05) is 6.54 Å². The Hall–Kier alpha value is -2.55. The van der Waals surface area contributed by atoms with Gasteiger partial charge in [-0.2, -0.15) is 16.9 Å². The maximum Gasteiger partial charge on any atom is 0.408 e. The Balaban J connectivity index is 1.73. The Bertz CT molecular complexity index is 751. The minimum absolute atomic E-state index is 0.0965. The van der Waals surface area contributed by atoms with Gasteiger partial charge in [0.2, 0.25) is 0 Å². The molecule has 0 saturated heterocycles. The first kappa shape index (κ1) is 21.7. The predicted molar refractivity (Wildman–Crippen MR) is 107 cm³/mol. The Morgan fingerprint density at radius 2 is 2.04 bits per heavy atom. The standard InChI is InChI=1S/C19H26N4O4S/c1-14(2)10-23-17(20-13-21-23)12-28-9-8-16(18(24)25)22-19(26)27-11-15-6-4-3-5-7-15/h3-7,13-14,16H,8-12H2,1-2H3,(H,22,26)(H,24,25). The first-order valence-corrected chi connectivity index (χ1v) is 10.3. The molecule has 0 saturated carbocycles. The van der Waals surface area contributed by atoms with Crippen molar-refractivity contribution in [3.63, 3.8) is 0 Å². The maximum atomic E-state index is 11.9. The summed E-state index contributed by atoms with van der Waals surface area (Å²) >= 11 is 1.56. The summed E-state index contributed by atoms with van der Waals surface area (Å²) < 4.78 is 6.95. The molecule has 0 fully saturated rings. The number of carbonyl (C=O) groups excluding carboxylic acids is 1.